The summed E-state index contributed by atoms with van der Waals surface area (Å²) in [4.78, 5) is 29.4. The van der Waals surface area contributed by atoms with Crippen LogP contribution < -0.4 is 15.6 Å². The molecule has 0 spiro atoms. The maximum atomic E-state index is 13.2. The quantitative estimate of drug-likeness (QED) is 0.572. The van der Waals surface area contributed by atoms with E-state index in [0.29, 0.717) is 10.8 Å². The van der Waals surface area contributed by atoms with Crippen LogP contribution in [0.4, 0.5) is 9.52 Å². The smallest absolute Gasteiger partial charge is 0.281 e. The molecule has 0 bridgehead atoms. The van der Waals surface area contributed by atoms with Crippen LogP contribution in [0.25, 0.3) is 15.9 Å². The molecule has 0 aliphatic heterocycles. The van der Waals surface area contributed by atoms with Gasteiger partial charge in [0.2, 0.25) is 0 Å². The van der Waals surface area contributed by atoms with Gasteiger partial charge in [0.15, 0.2) is 16.6 Å². The number of anilines is 1. The van der Waals surface area contributed by atoms with E-state index < -0.39 is 17.3 Å². The second-order valence-electron chi connectivity index (χ2n) is 5.73. The summed E-state index contributed by atoms with van der Waals surface area (Å²) < 4.78 is 20.2. The predicted molar refractivity (Wildman–Crippen MR) is 104 cm³/mol. The molecule has 1 amide bonds. The van der Waals surface area contributed by atoms with E-state index in [4.69, 9.17) is 4.74 Å². The van der Waals surface area contributed by atoms with Gasteiger partial charge in [0.1, 0.15) is 5.82 Å². The van der Waals surface area contributed by atoms with Gasteiger partial charge in [0.25, 0.3) is 11.5 Å². The number of para-hydroxylation sites is 1. The van der Waals surface area contributed by atoms with Crippen LogP contribution in [0.5, 0.6) is 5.75 Å². The fourth-order valence-electron chi connectivity index (χ4n) is 2.60. The Hall–Kier alpha value is -3.59. The number of carbonyl (C=O) groups excluding carboxylic acids is 1. The Morgan fingerprint density at radius 3 is 2.64 bits per heavy atom. The summed E-state index contributed by atoms with van der Waals surface area (Å²) in [5, 5.41) is 7.19. The summed E-state index contributed by atoms with van der Waals surface area (Å²) in [5.41, 5.74) is 0.479. The average molecular weight is 396 g/mol. The van der Waals surface area contributed by atoms with E-state index in [1.165, 1.54) is 42.7 Å². The highest BCUT2D eigenvalue weighted by molar-refractivity contribution is 7.22. The maximum absolute atomic E-state index is 13.2. The van der Waals surface area contributed by atoms with Crippen LogP contribution in [0.15, 0.2) is 59.4 Å². The highest BCUT2D eigenvalue weighted by Crippen LogP contribution is 2.26. The summed E-state index contributed by atoms with van der Waals surface area (Å²) >= 11 is 1.32. The van der Waals surface area contributed by atoms with Gasteiger partial charge in [0, 0.05) is 0 Å². The Morgan fingerprint density at radius 2 is 1.93 bits per heavy atom. The number of methoxy groups -OCH3 is 1. The molecule has 2 heterocycles. The normalized spacial score (nSPS) is 10.8. The van der Waals surface area contributed by atoms with Crippen LogP contribution in [-0.2, 0) is 0 Å². The number of rotatable bonds is 4. The molecule has 140 valence electrons. The first kappa shape index (κ1) is 17.8. The lowest BCUT2D eigenvalue weighted by Gasteiger charge is -2.10. The number of benzene rings is 2. The number of amides is 1. The van der Waals surface area contributed by atoms with Gasteiger partial charge in [-0.25, -0.2) is 9.37 Å². The Labute approximate surface area is 162 Å². The number of ether oxygens (including phenoxy) is 1. The molecule has 0 saturated carbocycles. The van der Waals surface area contributed by atoms with Gasteiger partial charge in [-0.05, 0) is 36.4 Å². The third-order valence-electron chi connectivity index (χ3n) is 3.92. The number of nitrogens with one attached hydrogen (secondary N) is 1. The van der Waals surface area contributed by atoms with Crippen LogP contribution in [0.3, 0.4) is 0 Å². The van der Waals surface area contributed by atoms with Crippen molar-refractivity contribution in [2.45, 2.75) is 0 Å². The lowest BCUT2D eigenvalue weighted by Crippen LogP contribution is -2.26. The Kier molecular flexibility index (Phi) is 4.58. The standard InChI is InChI=1S/C19H13FN4O3S/c1-27-14-10-16(25)24(12-8-6-11(20)7-9-12)23-17(14)18(26)22-19-21-13-4-2-3-5-15(13)28-19/h2-10H,1H3,(H,21,22,26). The fraction of sp³-hybridized carbons (Fsp3) is 0.0526. The minimum absolute atomic E-state index is 0.0296. The Morgan fingerprint density at radius 1 is 1.18 bits per heavy atom. The molecule has 4 aromatic rings. The van der Waals surface area contributed by atoms with Gasteiger partial charge in [-0.15, -0.1) is 0 Å². The van der Waals surface area contributed by atoms with Gasteiger partial charge >= 0.3 is 0 Å². The van der Waals surface area contributed by atoms with Gasteiger partial charge in [0.05, 0.1) is 29.1 Å². The van der Waals surface area contributed by atoms with E-state index in [1.54, 1.807) is 0 Å². The van der Waals surface area contributed by atoms with Crippen molar-refractivity contribution in [3.05, 3.63) is 76.5 Å². The largest absolute Gasteiger partial charge is 0.494 e. The van der Waals surface area contributed by atoms with Crippen molar-refractivity contribution >= 4 is 32.6 Å². The molecular weight excluding hydrogens is 383 g/mol. The first-order valence-electron chi connectivity index (χ1n) is 8.16. The Bertz CT molecular complexity index is 1200. The summed E-state index contributed by atoms with van der Waals surface area (Å²) in [6, 6.07) is 13.8. The number of aromatic nitrogens is 3. The average Bonchev–Trinajstić information content (AvgIpc) is 3.10. The molecular formula is C19H13FN4O3S. The van der Waals surface area contributed by atoms with Crippen molar-refractivity contribution in [3.63, 3.8) is 0 Å². The molecule has 0 radical (unpaired) electrons. The van der Waals surface area contributed by atoms with E-state index in [0.717, 1.165) is 21.0 Å². The maximum Gasteiger partial charge on any atom is 0.281 e. The first-order chi connectivity index (χ1) is 13.5. The molecule has 4 rings (SSSR count). The van der Waals surface area contributed by atoms with Crippen LogP contribution in [0.2, 0.25) is 0 Å². The molecule has 2 aromatic heterocycles. The number of thiazole rings is 1. The van der Waals surface area contributed by atoms with Crippen molar-refractivity contribution < 1.29 is 13.9 Å². The fourth-order valence-corrected chi connectivity index (χ4v) is 3.46. The van der Waals surface area contributed by atoms with E-state index in [-0.39, 0.29) is 11.4 Å². The number of halogens is 1. The molecule has 2 aromatic carbocycles. The first-order valence-corrected chi connectivity index (χ1v) is 8.98. The number of nitrogens with zero attached hydrogens (tertiary/aromatic N) is 3. The molecule has 0 unspecified atom stereocenters. The van der Waals surface area contributed by atoms with Gasteiger partial charge in [-0.1, -0.05) is 23.5 Å². The lowest BCUT2D eigenvalue weighted by molar-refractivity contribution is 0.101. The van der Waals surface area contributed by atoms with Crippen LogP contribution in [0.1, 0.15) is 10.5 Å². The second kappa shape index (κ2) is 7.20. The number of carbonyl (C=O) groups is 1. The van der Waals surface area contributed by atoms with E-state index in [9.17, 15) is 14.0 Å². The third-order valence-corrected chi connectivity index (χ3v) is 4.87. The monoisotopic (exact) mass is 396 g/mol. The zero-order valence-electron chi connectivity index (χ0n) is 14.5. The van der Waals surface area contributed by atoms with E-state index in [1.807, 2.05) is 24.3 Å². The molecule has 7 nitrogen and oxygen atoms in total. The molecule has 1 N–H and O–H groups in total. The lowest BCUT2D eigenvalue weighted by atomic mass is 10.3. The van der Waals surface area contributed by atoms with Gasteiger partial charge in [-0.3, -0.25) is 14.9 Å². The summed E-state index contributed by atoms with van der Waals surface area (Å²) in [5.74, 6) is -0.993. The van der Waals surface area contributed by atoms with E-state index in [2.05, 4.69) is 15.4 Å². The minimum atomic E-state index is -0.577. The molecule has 0 fully saturated rings. The van der Waals surface area contributed by atoms with Crippen molar-refractivity contribution in [1.82, 2.24) is 14.8 Å². The van der Waals surface area contributed by atoms with Crippen molar-refractivity contribution in [1.29, 1.82) is 0 Å². The summed E-state index contributed by atoms with van der Waals surface area (Å²) in [6.45, 7) is 0. The van der Waals surface area contributed by atoms with E-state index >= 15 is 0 Å². The van der Waals surface area contributed by atoms with Gasteiger partial charge < -0.3 is 4.74 Å². The predicted octanol–water partition coefficient (Wildman–Crippen LogP) is 3.24. The molecule has 0 aliphatic rings. The SMILES string of the molecule is COc1cc(=O)n(-c2ccc(F)cc2)nc1C(=O)Nc1nc2ccccc2s1. The summed E-state index contributed by atoms with van der Waals surface area (Å²) in [6.07, 6.45) is 0. The van der Waals surface area contributed by atoms with Crippen LogP contribution in [-0.4, -0.2) is 27.8 Å². The molecule has 0 aliphatic carbocycles. The molecule has 9 heteroatoms. The van der Waals surface area contributed by atoms with Crippen molar-refractivity contribution in [2.75, 3.05) is 12.4 Å². The molecule has 0 saturated heterocycles. The van der Waals surface area contributed by atoms with Crippen molar-refractivity contribution in [3.8, 4) is 11.4 Å². The van der Waals surface area contributed by atoms with Crippen LogP contribution in [0, 0.1) is 5.82 Å². The summed E-state index contributed by atoms with van der Waals surface area (Å²) in [7, 11) is 1.34. The number of fused-ring (bicyclic) bond motifs is 1. The highest BCUT2D eigenvalue weighted by atomic mass is 32.1. The highest BCUT2D eigenvalue weighted by Gasteiger charge is 2.19. The van der Waals surface area contributed by atoms with Crippen LogP contribution >= 0.6 is 11.3 Å². The molecule has 0 atom stereocenters. The topological polar surface area (TPSA) is 86.1 Å². The zero-order chi connectivity index (χ0) is 19.7. The Balaban J connectivity index is 1.72. The zero-order valence-corrected chi connectivity index (χ0v) is 15.4. The van der Waals surface area contributed by atoms with Crippen molar-refractivity contribution in [2.24, 2.45) is 0 Å². The third kappa shape index (κ3) is 3.35. The molecule has 28 heavy (non-hydrogen) atoms. The minimum Gasteiger partial charge on any atom is -0.494 e. The number of hydrogen-bond acceptors (Lipinski definition) is 6. The second-order valence-corrected chi connectivity index (χ2v) is 6.76. The number of hydrogen-bond donors (Lipinski definition) is 1. The van der Waals surface area contributed by atoms with Gasteiger partial charge in [-0.2, -0.15) is 9.78 Å².